The molecule has 1 aliphatic heterocycles. The van der Waals surface area contributed by atoms with E-state index in [0.717, 1.165) is 32.7 Å². The van der Waals surface area contributed by atoms with E-state index in [1.54, 1.807) is 12.1 Å². The van der Waals surface area contributed by atoms with Crippen LogP contribution in [0.4, 0.5) is 0 Å². The molecule has 106 valence electrons. The van der Waals surface area contributed by atoms with E-state index in [-0.39, 0.29) is 4.90 Å². The second-order valence-electron chi connectivity index (χ2n) is 4.44. The Bertz CT molecular complexity index is 498. The number of piperazine rings is 1. The van der Waals surface area contributed by atoms with E-state index in [0.29, 0.717) is 11.6 Å². The van der Waals surface area contributed by atoms with Crippen molar-refractivity contribution in [3.63, 3.8) is 0 Å². The van der Waals surface area contributed by atoms with Gasteiger partial charge < -0.3 is 5.32 Å². The van der Waals surface area contributed by atoms with Crippen molar-refractivity contribution in [2.24, 2.45) is 0 Å². The summed E-state index contributed by atoms with van der Waals surface area (Å²) in [5.41, 5.74) is 0. The predicted octanol–water partition coefficient (Wildman–Crippen LogP) is 0.524. The third-order valence-electron chi connectivity index (χ3n) is 3.05. The molecule has 0 amide bonds. The van der Waals surface area contributed by atoms with Gasteiger partial charge in [0, 0.05) is 44.3 Å². The van der Waals surface area contributed by atoms with Gasteiger partial charge in [0.05, 0.1) is 4.90 Å². The van der Waals surface area contributed by atoms with Crippen LogP contribution < -0.4 is 10.0 Å². The predicted molar refractivity (Wildman–Crippen MR) is 76.0 cm³/mol. The van der Waals surface area contributed by atoms with E-state index in [9.17, 15) is 8.42 Å². The zero-order valence-electron chi connectivity index (χ0n) is 10.6. The maximum Gasteiger partial charge on any atom is 0.240 e. The fourth-order valence-electron chi connectivity index (χ4n) is 1.97. The molecule has 0 saturated carbocycles. The zero-order chi connectivity index (χ0) is 13.7. The Labute approximate surface area is 119 Å². The van der Waals surface area contributed by atoms with Gasteiger partial charge in [-0.25, -0.2) is 13.1 Å². The van der Waals surface area contributed by atoms with Crippen molar-refractivity contribution in [2.45, 2.75) is 4.90 Å². The summed E-state index contributed by atoms with van der Waals surface area (Å²) in [4.78, 5) is 2.48. The van der Waals surface area contributed by atoms with Gasteiger partial charge in [-0.05, 0) is 24.3 Å². The van der Waals surface area contributed by atoms with Gasteiger partial charge in [-0.2, -0.15) is 0 Å². The van der Waals surface area contributed by atoms with E-state index in [1.165, 1.54) is 12.1 Å². The highest BCUT2D eigenvalue weighted by Crippen LogP contribution is 2.13. The molecule has 2 N–H and O–H groups in total. The Balaban J connectivity index is 1.85. The van der Waals surface area contributed by atoms with Crippen molar-refractivity contribution in [1.29, 1.82) is 0 Å². The first kappa shape index (κ1) is 14.7. The number of nitrogens with zero attached hydrogens (tertiary/aromatic N) is 1. The SMILES string of the molecule is O=S(=O)(NCCN1CCNCC1)c1ccc(Cl)cc1. The number of halogens is 1. The lowest BCUT2D eigenvalue weighted by atomic mass is 10.3. The fraction of sp³-hybridized carbons (Fsp3) is 0.500. The van der Waals surface area contributed by atoms with Crippen LogP contribution in [0.15, 0.2) is 29.2 Å². The molecule has 1 saturated heterocycles. The van der Waals surface area contributed by atoms with Gasteiger partial charge in [-0.1, -0.05) is 11.6 Å². The first-order valence-electron chi connectivity index (χ1n) is 6.26. The summed E-state index contributed by atoms with van der Waals surface area (Å²) in [6.45, 7) is 5.00. The van der Waals surface area contributed by atoms with E-state index in [1.807, 2.05) is 0 Å². The molecule has 0 unspecified atom stereocenters. The number of nitrogens with one attached hydrogen (secondary N) is 2. The highest BCUT2D eigenvalue weighted by Gasteiger charge is 2.14. The van der Waals surface area contributed by atoms with Crippen molar-refractivity contribution in [2.75, 3.05) is 39.3 Å². The Morgan fingerprint density at radius 3 is 2.47 bits per heavy atom. The lowest BCUT2D eigenvalue weighted by Gasteiger charge is -2.27. The molecule has 1 aromatic carbocycles. The minimum Gasteiger partial charge on any atom is -0.314 e. The monoisotopic (exact) mass is 303 g/mol. The van der Waals surface area contributed by atoms with Crippen molar-refractivity contribution < 1.29 is 8.42 Å². The summed E-state index contributed by atoms with van der Waals surface area (Å²) in [7, 11) is -3.43. The van der Waals surface area contributed by atoms with Gasteiger partial charge in [0.15, 0.2) is 0 Å². The van der Waals surface area contributed by atoms with Crippen molar-refractivity contribution in [1.82, 2.24) is 14.9 Å². The topological polar surface area (TPSA) is 61.4 Å². The largest absolute Gasteiger partial charge is 0.314 e. The maximum atomic E-state index is 12.0. The molecule has 0 aromatic heterocycles. The molecule has 0 spiro atoms. The average Bonchev–Trinajstić information content (AvgIpc) is 2.40. The normalized spacial score (nSPS) is 17.5. The van der Waals surface area contributed by atoms with Crippen molar-refractivity contribution in [3.05, 3.63) is 29.3 Å². The van der Waals surface area contributed by atoms with Gasteiger partial charge in [-0.15, -0.1) is 0 Å². The molecule has 0 atom stereocenters. The van der Waals surface area contributed by atoms with Crippen LogP contribution >= 0.6 is 11.6 Å². The summed E-state index contributed by atoms with van der Waals surface area (Å²) < 4.78 is 26.6. The van der Waals surface area contributed by atoms with Crippen LogP contribution in [0.25, 0.3) is 0 Å². The number of hydrogen-bond acceptors (Lipinski definition) is 4. The highest BCUT2D eigenvalue weighted by atomic mass is 35.5. The van der Waals surface area contributed by atoms with E-state index < -0.39 is 10.0 Å². The minimum absolute atomic E-state index is 0.247. The van der Waals surface area contributed by atoms with Crippen molar-refractivity contribution >= 4 is 21.6 Å². The Kier molecular flexibility index (Phi) is 5.18. The quantitative estimate of drug-likeness (QED) is 0.833. The second kappa shape index (κ2) is 6.67. The Morgan fingerprint density at radius 1 is 1.21 bits per heavy atom. The van der Waals surface area contributed by atoms with E-state index in [2.05, 4.69) is 14.9 Å². The summed E-state index contributed by atoms with van der Waals surface area (Å²) in [5.74, 6) is 0. The Morgan fingerprint density at radius 2 is 1.84 bits per heavy atom. The molecule has 19 heavy (non-hydrogen) atoms. The second-order valence-corrected chi connectivity index (χ2v) is 6.65. The first-order chi connectivity index (χ1) is 9.08. The fourth-order valence-corrected chi connectivity index (χ4v) is 3.12. The maximum absolute atomic E-state index is 12.0. The van der Waals surface area contributed by atoms with Gasteiger partial charge in [-0.3, -0.25) is 4.90 Å². The first-order valence-corrected chi connectivity index (χ1v) is 8.12. The molecule has 7 heteroatoms. The molecule has 1 fully saturated rings. The van der Waals surface area contributed by atoms with E-state index >= 15 is 0 Å². The Hall–Kier alpha value is -0.660. The molecule has 0 aliphatic carbocycles. The molecule has 1 heterocycles. The van der Waals surface area contributed by atoms with Gasteiger partial charge >= 0.3 is 0 Å². The summed E-state index contributed by atoms with van der Waals surface area (Å²) in [6.07, 6.45) is 0. The molecule has 0 bridgehead atoms. The van der Waals surface area contributed by atoms with Crippen LogP contribution in [0.2, 0.25) is 5.02 Å². The van der Waals surface area contributed by atoms with Crippen LogP contribution in [0.5, 0.6) is 0 Å². The third-order valence-corrected chi connectivity index (χ3v) is 4.78. The summed E-state index contributed by atoms with van der Waals surface area (Å²) in [5, 5.41) is 3.79. The lowest BCUT2D eigenvalue weighted by molar-refractivity contribution is 0.245. The van der Waals surface area contributed by atoms with Crippen LogP contribution in [-0.2, 0) is 10.0 Å². The number of hydrogen-bond donors (Lipinski definition) is 2. The van der Waals surface area contributed by atoms with Crippen LogP contribution in [0, 0.1) is 0 Å². The molecular formula is C12H18ClN3O2S. The van der Waals surface area contributed by atoms with Gasteiger partial charge in [0.25, 0.3) is 0 Å². The van der Waals surface area contributed by atoms with Crippen LogP contribution in [0.1, 0.15) is 0 Å². The summed E-state index contributed by atoms with van der Waals surface area (Å²) >= 11 is 5.74. The molecular weight excluding hydrogens is 286 g/mol. The molecule has 1 aliphatic rings. The van der Waals surface area contributed by atoms with Crippen molar-refractivity contribution in [3.8, 4) is 0 Å². The van der Waals surface area contributed by atoms with Crippen LogP contribution in [-0.4, -0.2) is 52.6 Å². The molecule has 2 rings (SSSR count). The number of rotatable bonds is 5. The third kappa shape index (κ3) is 4.43. The smallest absolute Gasteiger partial charge is 0.240 e. The molecule has 1 aromatic rings. The lowest BCUT2D eigenvalue weighted by Crippen LogP contribution is -2.46. The van der Waals surface area contributed by atoms with Gasteiger partial charge in [0.2, 0.25) is 10.0 Å². The molecule has 5 nitrogen and oxygen atoms in total. The number of sulfonamides is 1. The highest BCUT2D eigenvalue weighted by molar-refractivity contribution is 7.89. The number of benzene rings is 1. The van der Waals surface area contributed by atoms with Gasteiger partial charge in [0.1, 0.15) is 0 Å². The minimum atomic E-state index is -3.43. The van der Waals surface area contributed by atoms with Crippen LogP contribution in [0.3, 0.4) is 0 Å². The zero-order valence-corrected chi connectivity index (χ0v) is 12.2. The summed E-state index contributed by atoms with van der Waals surface area (Å²) in [6, 6.07) is 6.17. The average molecular weight is 304 g/mol. The van der Waals surface area contributed by atoms with E-state index in [4.69, 9.17) is 11.6 Å². The molecule has 0 radical (unpaired) electrons. The standard InChI is InChI=1S/C12H18ClN3O2S/c13-11-1-3-12(4-2-11)19(17,18)15-7-10-16-8-5-14-6-9-16/h1-4,14-15H,5-10H2.